The first-order chi connectivity index (χ1) is 9.08. The molecule has 3 heteroatoms. The highest BCUT2D eigenvalue weighted by Gasteiger charge is 2.11. The molecule has 0 saturated carbocycles. The Hall–Kier alpha value is -0.640. The van der Waals surface area contributed by atoms with Crippen molar-refractivity contribution < 1.29 is 0 Å². The van der Waals surface area contributed by atoms with Gasteiger partial charge >= 0.3 is 0 Å². The van der Waals surface area contributed by atoms with Crippen molar-refractivity contribution in [1.29, 1.82) is 0 Å². The average molecular weight is 338 g/mol. The van der Waals surface area contributed by atoms with Crippen LogP contribution in [0.1, 0.15) is 21.6 Å². The van der Waals surface area contributed by atoms with E-state index in [1.807, 2.05) is 11.3 Å². The van der Waals surface area contributed by atoms with Crippen LogP contribution < -0.4 is 5.32 Å². The van der Waals surface area contributed by atoms with Gasteiger partial charge in [0.2, 0.25) is 0 Å². The molecule has 0 aliphatic carbocycles. The smallest absolute Gasteiger partial charge is 0.0285 e. The van der Waals surface area contributed by atoms with Crippen LogP contribution in [0.5, 0.6) is 0 Å². The maximum absolute atomic E-state index is 3.52. The van der Waals surface area contributed by atoms with E-state index >= 15 is 0 Å². The zero-order valence-electron chi connectivity index (χ0n) is 11.7. The Kier molecular flexibility index (Phi) is 5.20. The molecular formula is C16H20BrNS. The van der Waals surface area contributed by atoms with Crippen molar-refractivity contribution in [3.8, 4) is 0 Å². The van der Waals surface area contributed by atoms with Crippen molar-refractivity contribution in [2.75, 3.05) is 7.05 Å². The van der Waals surface area contributed by atoms with Crippen LogP contribution in [0.15, 0.2) is 34.1 Å². The molecule has 1 atom stereocenters. The van der Waals surface area contributed by atoms with Gasteiger partial charge in [0.25, 0.3) is 0 Å². The van der Waals surface area contributed by atoms with E-state index in [-0.39, 0.29) is 0 Å². The van der Waals surface area contributed by atoms with Gasteiger partial charge in [0.1, 0.15) is 0 Å². The van der Waals surface area contributed by atoms with E-state index in [4.69, 9.17) is 0 Å². The molecule has 102 valence electrons. The lowest BCUT2D eigenvalue weighted by Gasteiger charge is -2.17. The quantitative estimate of drug-likeness (QED) is 0.846. The van der Waals surface area contributed by atoms with Gasteiger partial charge in [-0.25, -0.2) is 0 Å². The van der Waals surface area contributed by atoms with E-state index in [1.54, 1.807) is 0 Å². The van der Waals surface area contributed by atoms with Gasteiger partial charge in [-0.05, 0) is 66.9 Å². The molecule has 0 saturated heterocycles. The van der Waals surface area contributed by atoms with Crippen molar-refractivity contribution in [2.24, 2.45) is 0 Å². The molecule has 1 heterocycles. The topological polar surface area (TPSA) is 12.0 Å². The molecule has 0 fully saturated rings. The fraction of sp³-hybridized carbons (Fsp3) is 0.375. The van der Waals surface area contributed by atoms with Crippen molar-refractivity contribution in [1.82, 2.24) is 5.32 Å². The zero-order chi connectivity index (χ0) is 13.8. The van der Waals surface area contributed by atoms with E-state index in [9.17, 15) is 0 Å². The minimum absolute atomic E-state index is 0.492. The summed E-state index contributed by atoms with van der Waals surface area (Å²) in [6.07, 6.45) is 2.17. The standard InChI is InChI=1S/C16H20BrNS/c1-11-4-5-12(2)13(6-11)7-15(18-3)9-16-8-14(17)10-19-16/h4-6,8,10,15,18H,7,9H2,1-3H3. The summed E-state index contributed by atoms with van der Waals surface area (Å²) in [5, 5.41) is 5.60. The number of likely N-dealkylation sites (N-methyl/N-ethyl adjacent to an activating group) is 1. The Bertz CT molecular complexity index is 547. The lowest BCUT2D eigenvalue weighted by molar-refractivity contribution is 0.559. The summed E-state index contributed by atoms with van der Waals surface area (Å²) in [6, 6.07) is 9.43. The number of hydrogen-bond acceptors (Lipinski definition) is 2. The number of nitrogens with one attached hydrogen (secondary N) is 1. The highest BCUT2D eigenvalue weighted by atomic mass is 79.9. The third kappa shape index (κ3) is 4.16. The average Bonchev–Trinajstić information content (AvgIpc) is 2.78. The van der Waals surface area contributed by atoms with Crippen LogP contribution in [0.2, 0.25) is 0 Å². The first-order valence-electron chi connectivity index (χ1n) is 6.55. The first-order valence-corrected chi connectivity index (χ1v) is 8.22. The second kappa shape index (κ2) is 6.69. The summed E-state index contributed by atoms with van der Waals surface area (Å²) in [6.45, 7) is 4.36. The molecule has 1 aromatic carbocycles. The highest BCUT2D eigenvalue weighted by Crippen LogP contribution is 2.22. The Morgan fingerprint density at radius 3 is 2.63 bits per heavy atom. The Morgan fingerprint density at radius 1 is 1.21 bits per heavy atom. The molecule has 0 aliphatic heterocycles. The predicted molar refractivity (Wildman–Crippen MR) is 88.2 cm³/mol. The second-order valence-electron chi connectivity index (χ2n) is 5.06. The monoisotopic (exact) mass is 337 g/mol. The molecule has 0 radical (unpaired) electrons. The van der Waals surface area contributed by atoms with Gasteiger partial charge in [0.05, 0.1) is 0 Å². The van der Waals surface area contributed by atoms with Gasteiger partial charge in [-0.1, -0.05) is 23.8 Å². The summed E-state index contributed by atoms with van der Waals surface area (Å²) in [4.78, 5) is 1.43. The Morgan fingerprint density at radius 2 is 2.00 bits per heavy atom. The van der Waals surface area contributed by atoms with Gasteiger partial charge in [-0.3, -0.25) is 0 Å². The minimum atomic E-state index is 0.492. The molecule has 1 unspecified atom stereocenters. The molecule has 0 amide bonds. The Balaban J connectivity index is 2.08. The van der Waals surface area contributed by atoms with Gasteiger partial charge in [-0.2, -0.15) is 0 Å². The van der Waals surface area contributed by atoms with E-state index in [0.29, 0.717) is 6.04 Å². The Labute approximate surface area is 128 Å². The molecule has 0 bridgehead atoms. The van der Waals surface area contributed by atoms with Crippen molar-refractivity contribution in [2.45, 2.75) is 32.7 Å². The minimum Gasteiger partial charge on any atom is -0.316 e. The fourth-order valence-corrected chi connectivity index (χ4v) is 3.80. The molecule has 2 rings (SSSR count). The number of rotatable bonds is 5. The summed E-state index contributed by atoms with van der Waals surface area (Å²) < 4.78 is 1.19. The molecule has 0 spiro atoms. The molecule has 1 N–H and O–H groups in total. The summed E-state index contributed by atoms with van der Waals surface area (Å²) in [5.41, 5.74) is 4.18. The second-order valence-corrected chi connectivity index (χ2v) is 6.97. The van der Waals surface area contributed by atoms with Crippen LogP contribution in [-0.4, -0.2) is 13.1 Å². The van der Waals surface area contributed by atoms with Crippen LogP contribution in [0.4, 0.5) is 0 Å². The van der Waals surface area contributed by atoms with Crippen LogP contribution in [0.25, 0.3) is 0 Å². The van der Waals surface area contributed by atoms with E-state index in [2.05, 4.69) is 71.8 Å². The predicted octanol–water partition coefficient (Wildman–Crippen LogP) is 4.50. The first kappa shape index (κ1) is 14.8. The van der Waals surface area contributed by atoms with Gasteiger partial charge in [0, 0.05) is 20.8 Å². The zero-order valence-corrected chi connectivity index (χ0v) is 14.1. The molecule has 0 aliphatic rings. The number of hydrogen-bond donors (Lipinski definition) is 1. The third-order valence-corrected chi connectivity index (χ3v) is 5.17. The van der Waals surface area contributed by atoms with Crippen LogP contribution in [0.3, 0.4) is 0 Å². The normalized spacial score (nSPS) is 12.6. The van der Waals surface area contributed by atoms with Crippen molar-refractivity contribution in [3.05, 3.63) is 55.7 Å². The summed E-state index contributed by atoms with van der Waals surface area (Å²) >= 11 is 5.35. The third-order valence-electron chi connectivity index (χ3n) is 3.45. The number of aryl methyl sites for hydroxylation is 2. The van der Waals surface area contributed by atoms with Gasteiger partial charge in [0.15, 0.2) is 0 Å². The highest BCUT2D eigenvalue weighted by molar-refractivity contribution is 9.10. The lowest BCUT2D eigenvalue weighted by Crippen LogP contribution is -2.29. The van der Waals surface area contributed by atoms with Gasteiger partial charge in [-0.15, -0.1) is 11.3 Å². The van der Waals surface area contributed by atoms with Crippen LogP contribution >= 0.6 is 27.3 Å². The van der Waals surface area contributed by atoms with E-state index < -0.39 is 0 Å². The van der Waals surface area contributed by atoms with E-state index in [1.165, 1.54) is 26.0 Å². The molecule has 1 aromatic heterocycles. The van der Waals surface area contributed by atoms with Crippen LogP contribution in [0, 0.1) is 13.8 Å². The molecule has 1 nitrogen and oxygen atoms in total. The number of halogens is 1. The maximum Gasteiger partial charge on any atom is 0.0285 e. The maximum atomic E-state index is 3.52. The molecular weight excluding hydrogens is 318 g/mol. The van der Waals surface area contributed by atoms with Crippen molar-refractivity contribution >= 4 is 27.3 Å². The van der Waals surface area contributed by atoms with Gasteiger partial charge < -0.3 is 5.32 Å². The summed E-state index contributed by atoms with van der Waals surface area (Å²) in [7, 11) is 2.05. The van der Waals surface area contributed by atoms with Crippen LogP contribution in [-0.2, 0) is 12.8 Å². The molecule has 2 aromatic rings. The molecule has 19 heavy (non-hydrogen) atoms. The van der Waals surface area contributed by atoms with E-state index in [0.717, 1.165) is 12.8 Å². The largest absolute Gasteiger partial charge is 0.316 e. The van der Waals surface area contributed by atoms with Crippen molar-refractivity contribution in [3.63, 3.8) is 0 Å². The SMILES string of the molecule is CNC(Cc1cc(Br)cs1)Cc1cc(C)ccc1C. The number of thiophene rings is 1. The number of benzene rings is 1. The summed E-state index contributed by atoms with van der Waals surface area (Å²) in [5.74, 6) is 0. The lowest BCUT2D eigenvalue weighted by atomic mass is 9.97. The fourth-order valence-electron chi connectivity index (χ4n) is 2.27.